The molecule has 0 aliphatic carbocycles. The largest absolute Gasteiger partial charge is 0.508 e. The highest BCUT2D eigenvalue weighted by Crippen LogP contribution is 2.42. The van der Waals surface area contributed by atoms with Gasteiger partial charge in [0, 0.05) is 11.5 Å². The second kappa shape index (κ2) is 11.2. The molecule has 0 spiro atoms. The molecule has 0 bridgehead atoms. The number of β-lactam (4-membered cyclic amide) rings is 1. The molecule has 3 amide bonds. The summed E-state index contributed by atoms with van der Waals surface area (Å²) < 4.78 is 5.97. The number of fused-ring (bicyclic) bond motifs is 1. The number of ether oxygens (including phenoxy) is 1. The van der Waals surface area contributed by atoms with Crippen molar-refractivity contribution < 1.29 is 34.1 Å². The maximum absolute atomic E-state index is 13.3. The van der Waals surface area contributed by atoms with Crippen LogP contribution in [-0.4, -0.2) is 77.7 Å². The average molecular weight is 580 g/mol. The van der Waals surface area contributed by atoms with E-state index in [1.807, 2.05) is 0 Å². The topological polar surface area (TPSA) is 171 Å². The van der Waals surface area contributed by atoms with Crippen LogP contribution in [0.15, 0.2) is 45.4 Å². The minimum absolute atomic E-state index is 0.0262. The summed E-state index contributed by atoms with van der Waals surface area (Å²) in [4.78, 5) is 52.1. The molecule has 0 saturated carbocycles. The van der Waals surface area contributed by atoms with Gasteiger partial charge in [0.25, 0.3) is 5.91 Å². The summed E-state index contributed by atoms with van der Waals surface area (Å²) in [7, 11) is 0. The van der Waals surface area contributed by atoms with E-state index in [1.165, 1.54) is 64.0 Å². The first-order chi connectivity index (χ1) is 17.9. The van der Waals surface area contributed by atoms with Gasteiger partial charge in [-0.1, -0.05) is 35.2 Å². The first-order valence-electron chi connectivity index (χ1n) is 11.3. The number of carbonyl (C=O) groups excluding carboxylic acids is 3. The molecule has 3 heterocycles. The molecule has 4 rings (SSSR count). The number of aromatic hydroxyl groups is 1. The van der Waals surface area contributed by atoms with E-state index in [-0.39, 0.29) is 11.4 Å². The van der Waals surface area contributed by atoms with Gasteiger partial charge in [0.05, 0.1) is 0 Å². The van der Waals surface area contributed by atoms with Crippen LogP contribution >= 0.6 is 34.9 Å². The predicted octanol–water partition coefficient (Wildman–Crippen LogP) is 2.34. The summed E-state index contributed by atoms with van der Waals surface area (Å²) in [5.74, 6) is -1.81. The number of alkyl carbamates (subject to hydrolysis) is 1. The van der Waals surface area contributed by atoms with Gasteiger partial charge in [0.2, 0.25) is 5.91 Å². The summed E-state index contributed by atoms with van der Waals surface area (Å²) in [6.45, 7) is 5.04. The van der Waals surface area contributed by atoms with Gasteiger partial charge in [-0.2, -0.15) is 0 Å². The lowest BCUT2D eigenvalue weighted by Gasteiger charge is -2.49. The van der Waals surface area contributed by atoms with Crippen LogP contribution in [0.3, 0.4) is 0 Å². The molecule has 1 unspecified atom stereocenters. The zero-order valence-electron chi connectivity index (χ0n) is 20.5. The van der Waals surface area contributed by atoms with Crippen LogP contribution in [0.5, 0.6) is 5.75 Å². The minimum atomic E-state index is -1.23. The lowest BCUT2D eigenvalue weighted by atomic mass is 10.0. The molecule has 2 aliphatic heterocycles. The molecule has 3 atom stereocenters. The molecule has 2 aliphatic rings. The van der Waals surface area contributed by atoms with Crippen LogP contribution in [0, 0.1) is 0 Å². The van der Waals surface area contributed by atoms with E-state index in [4.69, 9.17) is 4.74 Å². The van der Waals surface area contributed by atoms with E-state index in [0.29, 0.717) is 27.0 Å². The Bertz CT molecular complexity index is 1260. The van der Waals surface area contributed by atoms with Gasteiger partial charge in [-0.15, -0.1) is 22.0 Å². The molecule has 15 heteroatoms. The molecule has 1 aromatic carbocycles. The molecule has 12 nitrogen and oxygen atoms in total. The number of hydrogen-bond donors (Lipinski definition) is 4. The van der Waals surface area contributed by atoms with E-state index >= 15 is 0 Å². The van der Waals surface area contributed by atoms with Gasteiger partial charge in [-0.05, 0) is 44.0 Å². The van der Waals surface area contributed by atoms with E-state index in [1.54, 1.807) is 26.3 Å². The lowest BCUT2D eigenvalue weighted by Crippen LogP contribution is -2.71. The van der Waals surface area contributed by atoms with Gasteiger partial charge in [0.1, 0.15) is 40.0 Å². The first kappa shape index (κ1) is 27.7. The maximum Gasteiger partial charge on any atom is 0.408 e. The van der Waals surface area contributed by atoms with Crippen molar-refractivity contribution in [2.24, 2.45) is 0 Å². The van der Waals surface area contributed by atoms with E-state index < -0.39 is 46.9 Å². The van der Waals surface area contributed by atoms with Gasteiger partial charge in [-0.25, -0.2) is 9.59 Å². The van der Waals surface area contributed by atoms with Crippen LogP contribution in [0.25, 0.3) is 0 Å². The van der Waals surface area contributed by atoms with Crippen molar-refractivity contribution in [3.63, 3.8) is 0 Å². The first-order valence-corrected chi connectivity index (χ1v) is 14.2. The Kier molecular flexibility index (Phi) is 8.18. The minimum Gasteiger partial charge on any atom is -0.508 e. The summed E-state index contributed by atoms with van der Waals surface area (Å²) >= 11 is 4.02. The van der Waals surface area contributed by atoms with Gasteiger partial charge >= 0.3 is 12.1 Å². The Balaban J connectivity index is 1.49. The number of nitrogens with zero attached hydrogens (tertiary/aromatic N) is 3. The number of hydrogen-bond acceptors (Lipinski definition) is 11. The van der Waals surface area contributed by atoms with Crippen LogP contribution in [0.1, 0.15) is 32.4 Å². The van der Waals surface area contributed by atoms with E-state index in [0.717, 1.165) is 0 Å². The molecule has 1 saturated heterocycles. The number of benzene rings is 1. The highest BCUT2D eigenvalue weighted by molar-refractivity contribution is 8.01. The van der Waals surface area contributed by atoms with Crippen LogP contribution in [0.4, 0.5) is 4.79 Å². The number of phenolic OH excluding ortho intramolecular Hbond substituents is 1. The Labute approximate surface area is 230 Å². The van der Waals surface area contributed by atoms with Gasteiger partial charge < -0.3 is 25.6 Å². The number of carboxylic acids is 1. The highest BCUT2D eigenvalue weighted by Gasteiger charge is 2.54. The fraction of sp³-hybridized carbons (Fsp3) is 0.391. The Morgan fingerprint density at radius 2 is 1.97 bits per heavy atom. The van der Waals surface area contributed by atoms with Crippen molar-refractivity contribution in [3.8, 4) is 5.75 Å². The van der Waals surface area contributed by atoms with Crippen LogP contribution in [-0.2, 0) is 19.1 Å². The SMILES string of the molecule is CC(C)(C)OC(=O)N[C@@H](C(=O)NC1C(=O)N2C(C(=O)O)=C(CSc3nncs3)CS[C@H]12)c1ccc(O)cc1. The second-order valence-electron chi connectivity index (χ2n) is 9.32. The molecule has 4 N–H and O–H groups in total. The zero-order chi connectivity index (χ0) is 27.6. The summed E-state index contributed by atoms with van der Waals surface area (Å²) in [6, 6.07) is 3.45. The fourth-order valence-electron chi connectivity index (χ4n) is 3.80. The average Bonchev–Trinajstić information content (AvgIpc) is 3.37. The van der Waals surface area contributed by atoms with Crippen LogP contribution < -0.4 is 10.6 Å². The monoisotopic (exact) mass is 579 g/mol. The van der Waals surface area contributed by atoms with Crippen molar-refractivity contribution in [2.75, 3.05) is 11.5 Å². The molecule has 2 aromatic rings. The number of phenols is 1. The number of amides is 3. The van der Waals surface area contributed by atoms with Crippen molar-refractivity contribution in [3.05, 3.63) is 46.6 Å². The zero-order valence-corrected chi connectivity index (χ0v) is 23.0. The third-order valence-corrected chi connectivity index (χ3v) is 8.69. The Hall–Kier alpha value is -3.30. The third-order valence-electron chi connectivity index (χ3n) is 5.41. The smallest absolute Gasteiger partial charge is 0.408 e. The number of rotatable bonds is 8. The Morgan fingerprint density at radius 1 is 1.26 bits per heavy atom. The fourth-order valence-corrected chi connectivity index (χ4v) is 6.77. The number of carboxylic acid groups (broad SMARTS) is 1. The predicted molar refractivity (Wildman–Crippen MR) is 141 cm³/mol. The molecule has 1 aromatic heterocycles. The number of aliphatic carboxylic acids is 1. The maximum atomic E-state index is 13.3. The number of nitrogens with one attached hydrogen (secondary N) is 2. The normalized spacial score (nSPS) is 19.8. The van der Waals surface area contributed by atoms with Gasteiger partial charge in [-0.3, -0.25) is 14.5 Å². The number of thioether (sulfide) groups is 2. The van der Waals surface area contributed by atoms with E-state index in [9.17, 15) is 29.4 Å². The van der Waals surface area contributed by atoms with Crippen molar-refractivity contribution in [1.29, 1.82) is 0 Å². The third kappa shape index (κ3) is 6.22. The van der Waals surface area contributed by atoms with E-state index in [2.05, 4.69) is 20.8 Å². The summed E-state index contributed by atoms with van der Waals surface area (Å²) in [5, 5.41) is 31.7. The summed E-state index contributed by atoms with van der Waals surface area (Å²) in [6.07, 6.45) is -0.840. The van der Waals surface area contributed by atoms with Crippen LogP contribution in [0.2, 0.25) is 0 Å². The van der Waals surface area contributed by atoms with Crippen molar-refractivity contribution >= 4 is 58.7 Å². The Morgan fingerprint density at radius 3 is 2.58 bits per heavy atom. The molecule has 202 valence electrons. The molecular weight excluding hydrogens is 554 g/mol. The molecule has 38 heavy (non-hydrogen) atoms. The molecule has 1 fully saturated rings. The lowest BCUT2D eigenvalue weighted by molar-refractivity contribution is -0.151. The number of carbonyl (C=O) groups is 4. The quantitative estimate of drug-likeness (QED) is 0.267. The van der Waals surface area contributed by atoms with Gasteiger partial charge in [0.15, 0.2) is 4.34 Å². The molecular formula is C23H25N5O7S3. The second-order valence-corrected chi connectivity index (χ2v) is 12.5. The van der Waals surface area contributed by atoms with Crippen molar-refractivity contribution in [1.82, 2.24) is 25.7 Å². The molecule has 0 radical (unpaired) electrons. The highest BCUT2D eigenvalue weighted by atomic mass is 32.2. The number of aromatic nitrogens is 2. The standard InChI is InChI=1S/C23H25N5O7S3/c1-23(2,3)35-21(34)26-14(11-4-6-13(29)7-5-11)17(30)25-15-18(31)28-16(20(32)33)12(8-36-19(15)28)9-37-22-27-24-10-38-22/h4-7,10,14-15,19,29H,8-9H2,1-3H3,(H,25,30)(H,26,34)(H,32,33)/t14-,15?,19-/m1/s1. The summed E-state index contributed by atoms with van der Waals surface area (Å²) in [5.41, 5.74) is 1.60. The van der Waals surface area contributed by atoms with Crippen molar-refractivity contribution in [2.45, 2.75) is 48.2 Å².